The van der Waals surface area contributed by atoms with Crippen LogP contribution in [-0.4, -0.2) is 17.9 Å². The summed E-state index contributed by atoms with van der Waals surface area (Å²) in [5, 5.41) is 0.812. The molecule has 0 saturated heterocycles. The molecule has 0 bridgehead atoms. The molecule has 1 aromatic heterocycles. The van der Waals surface area contributed by atoms with Gasteiger partial charge in [-0.2, -0.15) is 0 Å². The highest BCUT2D eigenvalue weighted by atomic mass is 32.1. The van der Waals surface area contributed by atoms with Crippen LogP contribution in [0.1, 0.15) is 47.1 Å². The Hall–Kier alpha value is -1.88. The predicted octanol–water partition coefficient (Wildman–Crippen LogP) is 4.06. The van der Waals surface area contributed by atoms with E-state index in [0.29, 0.717) is 6.61 Å². The summed E-state index contributed by atoms with van der Waals surface area (Å²) in [6.07, 6.45) is 0. The molecule has 0 saturated carbocycles. The molecule has 0 amide bonds. The maximum atomic E-state index is 11.7. The van der Waals surface area contributed by atoms with Gasteiger partial charge in [-0.15, -0.1) is 11.3 Å². The zero-order valence-electron chi connectivity index (χ0n) is 12.7. The van der Waals surface area contributed by atoms with E-state index in [1.807, 2.05) is 38.1 Å². The van der Waals surface area contributed by atoms with Gasteiger partial charge in [0.25, 0.3) is 0 Å². The van der Waals surface area contributed by atoms with Crippen molar-refractivity contribution in [3.63, 3.8) is 0 Å². The molecule has 0 aliphatic carbocycles. The fourth-order valence-electron chi connectivity index (χ4n) is 1.92. The number of benzene rings is 1. The minimum Gasteiger partial charge on any atom is -0.497 e. The average Bonchev–Trinajstić information content (AvgIpc) is 2.90. The Kier molecular flexibility index (Phi) is 4.96. The van der Waals surface area contributed by atoms with Crippen molar-refractivity contribution < 1.29 is 14.3 Å². The lowest BCUT2D eigenvalue weighted by molar-refractivity contribution is 0.102. The van der Waals surface area contributed by atoms with Crippen molar-refractivity contribution in [2.24, 2.45) is 0 Å². The third-order valence-electron chi connectivity index (χ3n) is 2.97. The third-order valence-corrected chi connectivity index (χ3v) is 4.11. The van der Waals surface area contributed by atoms with Gasteiger partial charge in [-0.1, -0.05) is 19.9 Å². The van der Waals surface area contributed by atoms with E-state index in [4.69, 9.17) is 9.47 Å². The largest absolute Gasteiger partial charge is 0.497 e. The van der Waals surface area contributed by atoms with E-state index in [1.165, 1.54) is 11.3 Å². The minimum absolute atomic E-state index is 0.0591. The summed E-state index contributed by atoms with van der Waals surface area (Å²) in [7, 11) is 1.62. The third kappa shape index (κ3) is 3.82. The Bertz CT molecular complexity index is 634. The van der Waals surface area contributed by atoms with E-state index in [1.54, 1.807) is 14.0 Å². The maximum Gasteiger partial charge on any atom is 0.171 e. The highest BCUT2D eigenvalue weighted by Gasteiger charge is 2.17. The molecular weight excluding hydrogens is 286 g/mol. The number of ether oxygens (including phenoxy) is 2. The Morgan fingerprint density at radius 1 is 1.33 bits per heavy atom. The number of carbonyl (C=O) groups excluding carboxylic acids is 1. The van der Waals surface area contributed by atoms with Crippen molar-refractivity contribution in [2.45, 2.75) is 33.3 Å². The van der Waals surface area contributed by atoms with Crippen molar-refractivity contribution in [2.75, 3.05) is 7.11 Å². The molecule has 2 rings (SSSR count). The van der Waals surface area contributed by atoms with E-state index in [2.05, 4.69) is 4.98 Å². The highest BCUT2D eigenvalue weighted by molar-refractivity contribution is 7.13. The normalized spacial score (nSPS) is 10.7. The first kappa shape index (κ1) is 15.5. The standard InChI is InChI=1S/C16H19NO3S/c1-10(2)15-16(11(3)18)21-14(17-15)9-20-13-7-5-6-12(8-13)19-4/h5-8,10H,9H2,1-4H3. The number of aromatic nitrogens is 1. The van der Waals surface area contributed by atoms with Gasteiger partial charge in [0.1, 0.15) is 23.1 Å². The number of carbonyl (C=O) groups is 1. The summed E-state index contributed by atoms with van der Waals surface area (Å²) in [5.74, 6) is 1.76. The molecule has 0 atom stereocenters. The lowest BCUT2D eigenvalue weighted by Crippen LogP contribution is -1.98. The van der Waals surface area contributed by atoms with Crippen LogP contribution in [0.15, 0.2) is 24.3 Å². The zero-order chi connectivity index (χ0) is 15.4. The predicted molar refractivity (Wildman–Crippen MR) is 83.5 cm³/mol. The van der Waals surface area contributed by atoms with Crippen molar-refractivity contribution in [1.82, 2.24) is 4.98 Å². The molecule has 0 fully saturated rings. The van der Waals surface area contributed by atoms with Crippen LogP contribution in [0.4, 0.5) is 0 Å². The Balaban J connectivity index is 2.12. The van der Waals surface area contributed by atoms with Crippen LogP contribution in [-0.2, 0) is 6.61 Å². The van der Waals surface area contributed by atoms with Gasteiger partial charge in [-0.25, -0.2) is 4.98 Å². The maximum absolute atomic E-state index is 11.7. The van der Waals surface area contributed by atoms with Gasteiger partial charge in [0, 0.05) is 13.0 Å². The first-order valence-corrected chi connectivity index (χ1v) is 7.60. The van der Waals surface area contributed by atoms with E-state index >= 15 is 0 Å². The monoisotopic (exact) mass is 305 g/mol. The van der Waals surface area contributed by atoms with Crippen molar-refractivity contribution in [3.05, 3.63) is 39.8 Å². The quantitative estimate of drug-likeness (QED) is 0.755. The molecule has 112 valence electrons. The number of rotatable bonds is 6. The molecule has 0 unspecified atom stereocenters. The topological polar surface area (TPSA) is 48.4 Å². The van der Waals surface area contributed by atoms with Gasteiger partial charge >= 0.3 is 0 Å². The summed E-state index contributed by atoms with van der Waals surface area (Å²) in [4.78, 5) is 16.9. The van der Waals surface area contributed by atoms with E-state index in [9.17, 15) is 4.79 Å². The Morgan fingerprint density at radius 3 is 2.62 bits per heavy atom. The molecule has 4 nitrogen and oxygen atoms in total. The number of thiazole rings is 1. The molecule has 2 aromatic rings. The average molecular weight is 305 g/mol. The molecular formula is C16H19NO3S. The fraction of sp³-hybridized carbons (Fsp3) is 0.375. The van der Waals surface area contributed by atoms with Gasteiger partial charge < -0.3 is 9.47 Å². The molecule has 0 radical (unpaired) electrons. The zero-order valence-corrected chi connectivity index (χ0v) is 13.5. The van der Waals surface area contributed by atoms with Crippen LogP contribution in [0.25, 0.3) is 0 Å². The van der Waals surface area contributed by atoms with E-state index < -0.39 is 0 Å². The molecule has 0 spiro atoms. The van der Waals surface area contributed by atoms with Crippen molar-refractivity contribution in [3.8, 4) is 11.5 Å². The smallest absolute Gasteiger partial charge is 0.171 e. The lowest BCUT2D eigenvalue weighted by atomic mass is 10.1. The first-order chi connectivity index (χ1) is 10.0. The Morgan fingerprint density at radius 2 is 2.05 bits per heavy atom. The number of methoxy groups -OCH3 is 1. The Labute approximate surface area is 128 Å². The van der Waals surface area contributed by atoms with Crippen LogP contribution in [0.5, 0.6) is 11.5 Å². The highest BCUT2D eigenvalue weighted by Crippen LogP contribution is 2.27. The van der Waals surface area contributed by atoms with Gasteiger partial charge in [0.05, 0.1) is 17.7 Å². The number of hydrogen-bond donors (Lipinski definition) is 0. The van der Waals surface area contributed by atoms with Crippen LogP contribution < -0.4 is 9.47 Å². The molecule has 21 heavy (non-hydrogen) atoms. The van der Waals surface area contributed by atoms with Gasteiger partial charge in [0.2, 0.25) is 0 Å². The van der Waals surface area contributed by atoms with Crippen LogP contribution in [0, 0.1) is 0 Å². The van der Waals surface area contributed by atoms with Crippen LogP contribution >= 0.6 is 11.3 Å². The SMILES string of the molecule is COc1cccc(OCc2nc(C(C)C)c(C(C)=O)s2)c1. The number of hydrogen-bond acceptors (Lipinski definition) is 5. The lowest BCUT2D eigenvalue weighted by Gasteiger charge is -2.05. The summed E-state index contributed by atoms with van der Waals surface area (Å²) in [6, 6.07) is 7.42. The minimum atomic E-state index is 0.0591. The van der Waals surface area contributed by atoms with Crippen LogP contribution in [0.2, 0.25) is 0 Å². The molecule has 1 heterocycles. The number of ketones is 1. The molecule has 0 N–H and O–H groups in total. The van der Waals surface area contributed by atoms with Crippen molar-refractivity contribution >= 4 is 17.1 Å². The molecule has 0 aliphatic rings. The molecule has 1 aromatic carbocycles. The van der Waals surface area contributed by atoms with Gasteiger partial charge in [-0.05, 0) is 18.1 Å². The van der Waals surface area contributed by atoms with Crippen molar-refractivity contribution in [1.29, 1.82) is 0 Å². The summed E-state index contributed by atoms with van der Waals surface area (Å²) in [5.41, 5.74) is 0.858. The fourth-order valence-corrected chi connectivity index (χ4v) is 2.95. The van der Waals surface area contributed by atoms with Crippen LogP contribution in [0.3, 0.4) is 0 Å². The first-order valence-electron chi connectivity index (χ1n) is 6.78. The summed E-state index contributed by atoms with van der Waals surface area (Å²) >= 11 is 1.41. The van der Waals surface area contributed by atoms with E-state index in [-0.39, 0.29) is 11.7 Å². The second-order valence-corrected chi connectivity index (χ2v) is 6.08. The van der Waals surface area contributed by atoms with E-state index in [0.717, 1.165) is 27.1 Å². The van der Waals surface area contributed by atoms with Gasteiger partial charge in [0.15, 0.2) is 5.78 Å². The van der Waals surface area contributed by atoms with Gasteiger partial charge in [-0.3, -0.25) is 4.79 Å². The number of nitrogens with zero attached hydrogens (tertiary/aromatic N) is 1. The number of Topliss-reactive ketones (excluding diaryl/α,β-unsaturated/α-hetero) is 1. The second-order valence-electron chi connectivity index (χ2n) is 5.00. The summed E-state index contributed by atoms with van der Waals surface area (Å²) in [6.45, 7) is 6.00. The molecule has 0 aliphatic heterocycles. The summed E-state index contributed by atoms with van der Waals surface area (Å²) < 4.78 is 10.9. The second kappa shape index (κ2) is 6.72. The molecule has 5 heteroatoms.